The van der Waals surface area contributed by atoms with Gasteiger partial charge in [-0.3, -0.25) is 19.2 Å². The van der Waals surface area contributed by atoms with E-state index in [9.17, 15) is 24.0 Å². The van der Waals surface area contributed by atoms with E-state index >= 15 is 0 Å². The number of amides is 4. The summed E-state index contributed by atoms with van der Waals surface area (Å²) in [5, 5.41) is 3.36. The third-order valence-corrected chi connectivity index (χ3v) is 9.10. The monoisotopic (exact) mass is 777 g/mol. The van der Waals surface area contributed by atoms with Crippen LogP contribution in [-0.2, 0) is 59.0 Å². The molecule has 14 heteroatoms. The normalized spacial score (nSPS) is 14.0. The second-order valence-electron chi connectivity index (χ2n) is 14.6. The number of hydrogen-bond donors (Lipinski definition) is 1. The Morgan fingerprint density at radius 1 is 0.679 bits per heavy atom. The fourth-order valence-electron chi connectivity index (χ4n) is 5.70. The van der Waals surface area contributed by atoms with E-state index in [0.29, 0.717) is 57.5 Å². The molecule has 2 heterocycles. The number of nitrogens with one attached hydrogen (secondary N) is 1. The molecule has 1 N–H and O–H groups in total. The zero-order valence-corrected chi connectivity index (χ0v) is 33.0. The lowest BCUT2D eigenvalue weighted by Crippen LogP contribution is -2.35. The minimum Gasteiger partial charge on any atom is -0.381 e. The molecule has 1 saturated heterocycles. The van der Waals surface area contributed by atoms with Gasteiger partial charge in [0.15, 0.2) is 0 Å². The zero-order valence-electron chi connectivity index (χ0n) is 33.0. The average Bonchev–Trinajstić information content (AvgIpc) is 3.46. The van der Waals surface area contributed by atoms with Crippen molar-refractivity contribution in [2.45, 2.75) is 90.4 Å². The summed E-state index contributed by atoms with van der Waals surface area (Å²) in [6.45, 7) is 11.2. The summed E-state index contributed by atoms with van der Waals surface area (Å²) >= 11 is 0. The molecule has 0 aliphatic carbocycles. The highest BCUT2D eigenvalue weighted by Crippen LogP contribution is 2.26. The van der Waals surface area contributed by atoms with Crippen molar-refractivity contribution >= 4 is 35.3 Å². The number of rotatable bonds is 24. The van der Waals surface area contributed by atoms with Crippen LogP contribution in [0.4, 0.5) is 5.69 Å². The molecular weight excluding hydrogens is 722 g/mol. The molecule has 0 unspecified atom stereocenters. The first kappa shape index (κ1) is 44.1. The first-order valence-corrected chi connectivity index (χ1v) is 19.2. The van der Waals surface area contributed by atoms with Crippen molar-refractivity contribution in [3.8, 4) is 11.8 Å². The molecule has 1 fully saturated rings. The molecular formula is C42H55N3O11. The van der Waals surface area contributed by atoms with Gasteiger partial charge in [-0.15, -0.1) is 5.06 Å². The molecule has 0 spiro atoms. The van der Waals surface area contributed by atoms with Crippen LogP contribution in [0.3, 0.4) is 0 Å². The van der Waals surface area contributed by atoms with Gasteiger partial charge in [-0.25, -0.2) is 4.79 Å². The Labute approximate surface area is 329 Å². The van der Waals surface area contributed by atoms with Gasteiger partial charge in [0.1, 0.15) is 0 Å². The predicted octanol–water partition coefficient (Wildman–Crippen LogP) is 4.25. The number of hydrogen-bond acceptors (Lipinski definition) is 11. The Bertz CT molecular complexity index is 1700. The first-order valence-electron chi connectivity index (χ1n) is 19.2. The number of para-hydroxylation sites is 1. The fourth-order valence-corrected chi connectivity index (χ4v) is 5.70. The highest BCUT2D eigenvalue weighted by molar-refractivity contribution is 6.01. The predicted molar refractivity (Wildman–Crippen MR) is 206 cm³/mol. The van der Waals surface area contributed by atoms with Gasteiger partial charge in [0.2, 0.25) is 11.8 Å². The van der Waals surface area contributed by atoms with Crippen molar-refractivity contribution in [3.05, 3.63) is 65.2 Å². The number of nitrogens with zero attached hydrogens (tertiary/aromatic N) is 2. The molecule has 0 saturated carbocycles. The summed E-state index contributed by atoms with van der Waals surface area (Å²) < 4.78 is 28.7. The molecule has 4 rings (SSSR count). The Kier molecular flexibility index (Phi) is 17.5. The van der Waals surface area contributed by atoms with Crippen LogP contribution in [-0.4, -0.2) is 105 Å². The Balaban J connectivity index is 0.991. The number of carbonyl (C=O) groups is 5. The number of ether oxygens (including phenoxy) is 5. The standard InChI is InChI=1S/C42H55N3O11/c1-41(2,54-26-21-42(3,4)55-30-29-53-28-27-52-24-19-40(50)56-45-38(48)15-16-39(45)49)20-25-51-23-18-36(46)43-22-17-37(47)44-31-34-11-6-5-9-32(34)13-14-33-10-7-8-12-35(33)44/h5-12H,15-31H2,1-4H3,(H,43,46). The van der Waals surface area contributed by atoms with Crippen LogP contribution in [0.25, 0.3) is 0 Å². The van der Waals surface area contributed by atoms with E-state index in [2.05, 4.69) is 17.2 Å². The molecule has 4 amide bonds. The number of anilines is 1. The Hall–Kier alpha value is -4.65. The van der Waals surface area contributed by atoms with Gasteiger partial charge in [-0.1, -0.05) is 42.2 Å². The number of carbonyl (C=O) groups excluding carboxylic acids is 5. The van der Waals surface area contributed by atoms with Gasteiger partial charge in [-0.2, -0.15) is 0 Å². The first-order chi connectivity index (χ1) is 26.8. The van der Waals surface area contributed by atoms with Crippen LogP contribution in [0, 0.1) is 11.8 Å². The molecule has 0 atom stereocenters. The van der Waals surface area contributed by atoms with Crippen LogP contribution in [0.1, 0.15) is 89.3 Å². The van der Waals surface area contributed by atoms with Crippen molar-refractivity contribution in [1.29, 1.82) is 0 Å². The van der Waals surface area contributed by atoms with Crippen LogP contribution in [0.5, 0.6) is 0 Å². The van der Waals surface area contributed by atoms with Crippen molar-refractivity contribution in [2.75, 3.05) is 64.3 Å². The molecule has 14 nitrogen and oxygen atoms in total. The van der Waals surface area contributed by atoms with Crippen LogP contribution in [0.15, 0.2) is 48.5 Å². The topological polar surface area (TPSA) is 159 Å². The van der Waals surface area contributed by atoms with Gasteiger partial charge < -0.3 is 38.7 Å². The molecule has 0 radical (unpaired) electrons. The van der Waals surface area contributed by atoms with E-state index < -0.39 is 29.0 Å². The van der Waals surface area contributed by atoms with Crippen LogP contribution >= 0.6 is 0 Å². The van der Waals surface area contributed by atoms with Crippen LogP contribution < -0.4 is 10.2 Å². The zero-order chi connectivity index (χ0) is 40.4. The smallest absolute Gasteiger partial charge is 0.335 e. The number of imide groups is 1. The molecule has 2 aliphatic rings. The highest BCUT2D eigenvalue weighted by Gasteiger charge is 2.32. The van der Waals surface area contributed by atoms with Crippen molar-refractivity contribution < 1.29 is 52.5 Å². The minimum atomic E-state index is -0.708. The third kappa shape index (κ3) is 15.1. The number of benzene rings is 2. The summed E-state index contributed by atoms with van der Waals surface area (Å²) in [6.07, 6.45) is 1.67. The molecule has 0 bridgehead atoms. The van der Waals surface area contributed by atoms with E-state index in [1.54, 1.807) is 4.90 Å². The number of fused-ring (bicyclic) bond motifs is 2. The summed E-state index contributed by atoms with van der Waals surface area (Å²) in [4.78, 5) is 67.1. The Morgan fingerprint density at radius 2 is 1.25 bits per heavy atom. The van der Waals surface area contributed by atoms with Crippen LogP contribution in [0.2, 0.25) is 0 Å². The second kappa shape index (κ2) is 22.2. The largest absolute Gasteiger partial charge is 0.381 e. The van der Waals surface area contributed by atoms with Gasteiger partial charge in [0, 0.05) is 50.0 Å². The quantitative estimate of drug-likeness (QED) is 0.0923. The van der Waals surface area contributed by atoms with Gasteiger partial charge >= 0.3 is 5.97 Å². The van der Waals surface area contributed by atoms with E-state index in [0.717, 1.165) is 22.4 Å². The molecule has 2 aromatic carbocycles. The van der Waals surface area contributed by atoms with Crippen molar-refractivity contribution in [3.63, 3.8) is 0 Å². The van der Waals surface area contributed by atoms with E-state index in [4.69, 9.17) is 28.5 Å². The highest BCUT2D eigenvalue weighted by atomic mass is 16.7. The van der Waals surface area contributed by atoms with Gasteiger partial charge in [0.05, 0.1) is 76.1 Å². The Morgan fingerprint density at radius 3 is 2.00 bits per heavy atom. The lowest BCUT2D eigenvalue weighted by molar-refractivity contribution is -0.198. The SMILES string of the molecule is CC(C)(CCOCCC(=O)NCCC(=O)N1Cc2ccccc2C#Cc2ccccc21)OCCC(C)(C)OCCOCCOCCC(=O)ON1C(=O)CCC1=O. The summed E-state index contributed by atoms with van der Waals surface area (Å²) in [5.74, 6) is 4.41. The third-order valence-electron chi connectivity index (χ3n) is 9.10. The van der Waals surface area contributed by atoms with E-state index in [1.165, 1.54) is 0 Å². The lowest BCUT2D eigenvalue weighted by atomic mass is 10.0. The maximum Gasteiger partial charge on any atom is 0.335 e. The molecule has 2 aliphatic heterocycles. The summed E-state index contributed by atoms with van der Waals surface area (Å²) in [7, 11) is 0. The minimum absolute atomic E-state index is 0.0493. The summed E-state index contributed by atoms with van der Waals surface area (Å²) in [6, 6.07) is 15.4. The molecule has 0 aromatic heterocycles. The van der Waals surface area contributed by atoms with Gasteiger partial charge in [-0.05, 0) is 64.3 Å². The second-order valence-corrected chi connectivity index (χ2v) is 14.6. The lowest BCUT2D eigenvalue weighted by Gasteiger charge is -2.29. The summed E-state index contributed by atoms with van der Waals surface area (Å²) in [5.41, 5.74) is 2.57. The molecule has 2 aromatic rings. The maximum absolute atomic E-state index is 13.4. The molecule has 56 heavy (non-hydrogen) atoms. The van der Waals surface area contributed by atoms with E-state index in [1.807, 2.05) is 76.2 Å². The van der Waals surface area contributed by atoms with Crippen molar-refractivity contribution in [1.82, 2.24) is 10.4 Å². The fraction of sp³-hybridized carbons (Fsp3) is 0.548. The molecule has 304 valence electrons. The number of hydroxylamine groups is 2. The van der Waals surface area contributed by atoms with Gasteiger partial charge in [0.25, 0.3) is 11.8 Å². The van der Waals surface area contributed by atoms with E-state index in [-0.39, 0.29) is 70.3 Å². The van der Waals surface area contributed by atoms with Crippen molar-refractivity contribution in [2.24, 2.45) is 0 Å². The average molecular weight is 778 g/mol. The maximum atomic E-state index is 13.4.